The van der Waals surface area contributed by atoms with E-state index in [0.717, 1.165) is 70.6 Å². The van der Waals surface area contributed by atoms with E-state index in [1.165, 1.54) is 167 Å². The molecule has 0 aromatic rings. The molecule has 342 valence electrons. The fourth-order valence-electron chi connectivity index (χ4n) is 7.75. The highest BCUT2D eigenvalue weighted by Gasteiger charge is 2.20. The van der Waals surface area contributed by atoms with E-state index < -0.39 is 12.1 Å². The van der Waals surface area contributed by atoms with Gasteiger partial charge in [0.15, 0.2) is 0 Å². The smallest absolute Gasteiger partial charge is 0.305 e. The van der Waals surface area contributed by atoms with E-state index in [9.17, 15) is 19.8 Å². The maximum Gasteiger partial charge on any atom is 0.305 e. The molecule has 0 heterocycles. The number of rotatable bonds is 47. The molecule has 3 N–H and O–H groups in total. The number of carbonyl (C=O) groups excluding carboxylic acids is 2. The summed E-state index contributed by atoms with van der Waals surface area (Å²) in [5.41, 5.74) is 0. The van der Waals surface area contributed by atoms with Crippen LogP contribution >= 0.6 is 0 Å². The van der Waals surface area contributed by atoms with Gasteiger partial charge in [-0.05, 0) is 70.6 Å². The number of hydrogen-bond acceptors (Lipinski definition) is 5. The Morgan fingerprint density at radius 3 is 1.26 bits per heavy atom. The molecular formula is C52H99NO5. The van der Waals surface area contributed by atoms with Gasteiger partial charge in [-0.25, -0.2) is 0 Å². The third-order valence-electron chi connectivity index (χ3n) is 11.7. The number of amides is 1. The molecule has 6 nitrogen and oxygen atoms in total. The van der Waals surface area contributed by atoms with Crippen LogP contribution in [0.15, 0.2) is 24.3 Å². The minimum atomic E-state index is -0.695. The van der Waals surface area contributed by atoms with Gasteiger partial charge < -0.3 is 20.3 Å². The van der Waals surface area contributed by atoms with Gasteiger partial charge in [-0.15, -0.1) is 0 Å². The number of carbonyl (C=O) groups is 2. The van der Waals surface area contributed by atoms with Crippen LogP contribution in [0.5, 0.6) is 0 Å². The topological polar surface area (TPSA) is 95.9 Å². The molecule has 0 spiro atoms. The zero-order valence-corrected chi connectivity index (χ0v) is 38.8. The van der Waals surface area contributed by atoms with E-state index in [1.807, 2.05) is 0 Å². The van der Waals surface area contributed by atoms with Crippen LogP contribution in [0.2, 0.25) is 0 Å². The number of hydrogen-bond donors (Lipinski definition) is 3. The Labute approximate surface area is 361 Å². The summed E-state index contributed by atoms with van der Waals surface area (Å²) in [6, 6.07) is -0.579. The maximum atomic E-state index is 12.4. The molecule has 6 heteroatoms. The second-order valence-electron chi connectivity index (χ2n) is 17.5. The molecule has 2 unspecified atom stereocenters. The van der Waals surface area contributed by atoms with Crippen molar-refractivity contribution < 1.29 is 24.5 Å². The molecule has 0 fully saturated rings. The normalized spacial score (nSPS) is 12.8. The van der Waals surface area contributed by atoms with Crippen LogP contribution in [-0.4, -0.2) is 47.4 Å². The average molecular weight is 818 g/mol. The lowest BCUT2D eigenvalue weighted by Gasteiger charge is -2.22. The van der Waals surface area contributed by atoms with E-state index in [2.05, 4.69) is 43.5 Å². The molecule has 0 aliphatic heterocycles. The van der Waals surface area contributed by atoms with E-state index in [1.54, 1.807) is 0 Å². The molecule has 0 radical (unpaired) electrons. The van der Waals surface area contributed by atoms with Crippen molar-refractivity contribution in [1.82, 2.24) is 5.32 Å². The van der Waals surface area contributed by atoms with Crippen LogP contribution in [0, 0.1) is 0 Å². The Kier molecular flexibility index (Phi) is 46.6. The van der Waals surface area contributed by atoms with E-state index >= 15 is 0 Å². The quantitative estimate of drug-likeness (QED) is 0.0323. The number of allylic oxidation sites excluding steroid dienone is 4. The number of esters is 1. The number of aliphatic hydroxyl groups is 2. The third kappa shape index (κ3) is 43.9. The van der Waals surface area contributed by atoms with Gasteiger partial charge in [0.25, 0.3) is 0 Å². The molecule has 0 bridgehead atoms. The predicted molar refractivity (Wildman–Crippen MR) is 250 cm³/mol. The first-order valence-electron chi connectivity index (χ1n) is 25.6. The lowest BCUT2D eigenvalue weighted by molar-refractivity contribution is -0.143. The van der Waals surface area contributed by atoms with Gasteiger partial charge >= 0.3 is 5.97 Å². The molecule has 0 aliphatic carbocycles. The lowest BCUT2D eigenvalue weighted by atomic mass is 10.0. The number of ether oxygens (including phenoxy) is 1. The molecule has 0 rings (SSSR count). The molecule has 0 aromatic carbocycles. The van der Waals surface area contributed by atoms with Gasteiger partial charge in [0.2, 0.25) is 5.91 Å². The summed E-state index contributed by atoms with van der Waals surface area (Å²) >= 11 is 0. The van der Waals surface area contributed by atoms with E-state index in [-0.39, 0.29) is 18.5 Å². The van der Waals surface area contributed by atoms with Crippen LogP contribution < -0.4 is 5.32 Å². The standard InChI is InChI=1S/C52H99NO5/c1-3-5-7-9-11-13-15-17-19-20-22-23-25-28-32-36-40-44-50(55)49(48-54)53-51(56)45-41-37-33-29-27-31-35-39-43-47-58-52(57)46-42-38-34-30-26-24-21-18-16-14-12-10-8-6-4-2/h18,21,29,33,49-50,54-55H,3-17,19-20,22-28,30-32,34-48H2,1-2H3,(H,53,56)/b21-18-,33-29-. The molecule has 0 saturated carbocycles. The van der Waals surface area contributed by atoms with Crippen LogP contribution in [0.1, 0.15) is 271 Å². The molecule has 0 saturated heterocycles. The Balaban J connectivity index is 3.55. The summed E-state index contributed by atoms with van der Waals surface area (Å²) in [6.07, 6.45) is 55.8. The van der Waals surface area contributed by atoms with Gasteiger partial charge in [0, 0.05) is 12.8 Å². The largest absolute Gasteiger partial charge is 0.466 e. The van der Waals surface area contributed by atoms with Crippen LogP contribution in [0.25, 0.3) is 0 Å². The minimum Gasteiger partial charge on any atom is -0.466 e. The van der Waals surface area contributed by atoms with Crippen LogP contribution in [0.4, 0.5) is 0 Å². The van der Waals surface area contributed by atoms with Gasteiger partial charge in [-0.1, -0.05) is 212 Å². The van der Waals surface area contributed by atoms with Gasteiger partial charge in [-0.2, -0.15) is 0 Å². The molecule has 0 aliphatic rings. The van der Waals surface area contributed by atoms with Crippen molar-refractivity contribution in [2.24, 2.45) is 0 Å². The van der Waals surface area contributed by atoms with Crippen molar-refractivity contribution in [3.8, 4) is 0 Å². The van der Waals surface area contributed by atoms with Gasteiger partial charge in [0.05, 0.1) is 25.4 Å². The SMILES string of the molecule is CCCCCCCC/C=C\CCCCCCCC(=O)OCCCCCC/C=C\CCCC(=O)NC(CO)C(O)CCCCCCCCCCCCCCCCCCC. The van der Waals surface area contributed by atoms with Crippen molar-refractivity contribution in [3.63, 3.8) is 0 Å². The highest BCUT2D eigenvalue weighted by Crippen LogP contribution is 2.16. The Hall–Kier alpha value is -1.66. The Morgan fingerprint density at radius 1 is 0.466 bits per heavy atom. The van der Waals surface area contributed by atoms with Crippen molar-refractivity contribution in [1.29, 1.82) is 0 Å². The molecule has 2 atom stereocenters. The van der Waals surface area contributed by atoms with Crippen molar-refractivity contribution in [2.45, 2.75) is 283 Å². The highest BCUT2D eigenvalue weighted by atomic mass is 16.5. The molecule has 1 amide bonds. The molecular weight excluding hydrogens is 719 g/mol. The zero-order chi connectivity index (χ0) is 42.3. The predicted octanol–water partition coefficient (Wildman–Crippen LogP) is 15.1. The minimum absolute atomic E-state index is 0.0435. The van der Waals surface area contributed by atoms with Gasteiger partial charge in [0.1, 0.15) is 0 Å². The monoisotopic (exact) mass is 818 g/mol. The number of nitrogens with one attached hydrogen (secondary N) is 1. The highest BCUT2D eigenvalue weighted by molar-refractivity contribution is 5.76. The average Bonchev–Trinajstić information content (AvgIpc) is 3.22. The Bertz CT molecular complexity index is 904. The van der Waals surface area contributed by atoms with Gasteiger partial charge in [-0.3, -0.25) is 9.59 Å². The van der Waals surface area contributed by atoms with Crippen molar-refractivity contribution in [3.05, 3.63) is 24.3 Å². The molecule has 58 heavy (non-hydrogen) atoms. The first-order chi connectivity index (χ1) is 28.5. The first kappa shape index (κ1) is 56.3. The summed E-state index contributed by atoms with van der Waals surface area (Å²) in [5.74, 6) is -0.139. The van der Waals surface area contributed by atoms with Crippen LogP contribution in [-0.2, 0) is 14.3 Å². The summed E-state index contributed by atoms with van der Waals surface area (Å²) in [4.78, 5) is 24.5. The summed E-state index contributed by atoms with van der Waals surface area (Å²) in [6.45, 7) is 4.86. The van der Waals surface area contributed by atoms with Crippen LogP contribution in [0.3, 0.4) is 0 Å². The van der Waals surface area contributed by atoms with Crippen molar-refractivity contribution >= 4 is 11.9 Å². The second-order valence-corrected chi connectivity index (χ2v) is 17.5. The maximum absolute atomic E-state index is 12.4. The number of unbranched alkanes of at least 4 members (excludes halogenated alkanes) is 32. The molecule has 0 aromatic heterocycles. The summed E-state index contributed by atoms with van der Waals surface area (Å²) in [7, 11) is 0. The zero-order valence-electron chi connectivity index (χ0n) is 38.8. The third-order valence-corrected chi connectivity index (χ3v) is 11.7. The lowest BCUT2D eigenvalue weighted by Crippen LogP contribution is -2.45. The first-order valence-corrected chi connectivity index (χ1v) is 25.6. The number of aliphatic hydroxyl groups excluding tert-OH is 2. The second kappa shape index (κ2) is 48.0. The summed E-state index contributed by atoms with van der Waals surface area (Å²) < 4.78 is 5.43. The fourth-order valence-corrected chi connectivity index (χ4v) is 7.75. The summed E-state index contributed by atoms with van der Waals surface area (Å²) in [5, 5.41) is 23.2. The Morgan fingerprint density at radius 2 is 0.828 bits per heavy atom. The van der Waals surface area contributed by atoms with E-state index in [0.29, 0.717) is 25.9 Å². The van der Waals surface area contributed by atoms with E-state index in [4.69, 9.17) is 4.74 Å². The van der Waals surface area contributed by atoms with Crippen molar-refractivity contribution in [2.75, 3.05) is 13.2 Å². The fraction of sp³-hybridized carbons (Fsp3) is 0.885.